The number of rotatable bonds is 7. The van der Waals surface area contributed by atoms with Crippen molar-refractivity contribution in [2.45, 2.75) is 40.3 Å². The predicted molar refractivity (Wildman–Crippen MR) is 142 cm³/mol. The molecule has 0 radical (unpaired) electrons. The van der Waals surface area contributed by atoms with Crippen LogP contribution in [0.5, 0.6) is 0 Å². The fraction of sp³-hybridized carbons (Fsp3) is 0.407. The van der Waals surface area contributed by atoms with Crippen LogP contribution in [0.3, 0.4) is 0 Å². The van der Waals surface area contributed by atoms with Gasteiger partial charge in [-0.25, -0.2) is 28.7 Å². The van der Waals surface area contributed by atoms with E-state index in [9.17, 15) is 14.0 Å². The lowest BCUT2D eigenvalue weighted by Crippen LogP contribution is -2.55. The summed E-state index contributed by atoms with van der Waals surface area (Å²) < 4.78 is 31.4. The highest BCUT2D eigenvalue weighted by molar-refractivity contribution is 5.83. The van der Waals surface area contributed by atoms with Crippen LogP contribution in [-0.2, 0) is 6.54 Å². The smallest absolute Gasteiger partial charge is 0.229 e. The average molecular weight is 523 g/mol. The summed E-state index contributed by atoms with van der Waals surface area (Å²) in [5.74, 6) is 0.0462. The van der Waals surface area contributed by atoms with Crippen LogP contribution in [0.15, 0.2) is 36.7 Å². The molecule has 4 heterocycles. The van der Waals surface area contributed by atoms with Crippen LogP contribution in [0.1, 0.15) is 38.2 Å². The third-order valence-corrected chi connectivity index (χ3v) is 7.09. The fourth-order valence-corrected chi connectivity index (χ4v) is 5.07. The van der Waals surface area contributed by atoms with E-state index in [-0.39, 0.29) is 33.4 Å². The highest BCUT2D eigenvalue weighted by Gasteiger charge is 2.25. The summed E-state index contributed by atoms with van der Waals surface area (Å²) in [4.78, 5) is 19.4. The number of imidazole rings is 1. The first kappa shape index (κ1) is 26.1. The lowest BCUT2D eigenvalue weighted by Gasteiger charge is -2.48. The first-order valence-corrected chi connectivity index (χ1v) is 12.9. The number of halogens is 2. The second-order valence-corrected chi connectivity index (χ2v) is 10.1. The van der Waals surface area contributed by atoms with Crippen LogP contribution < -0.4 is 5.32 Å². The van der Waals surface area contributed by atoms with Gasteiger partial charge in [0.1, 0.15) is 29.4 Å². The van der Waals surface area contributed by atoms with E-state index in [1.54, 1.807) is 18.3 Å². The van der Waals surface area contributed by atoms with Crippen LogP contribution in [0.4, 0.5) is 20.5 Å². The molecular weight excluding hydrogens is 490 g/mol. The van der Waals surface area contributed by atoms with Gasteiger partial charge in [0.05, 0.1) is 24.8 Å². The Balaban J connectivity index is 1.36. The monoisotopic (exact) mass is 522 g/mol. The van der Waals surface area contributed by atoms with Gasteiger partial charge in [0.25, 0.3) is 0 Å². The number of likely N-dealkylation sites (N-methyl/N-ethyl adjacent to an activating group) is 1. The van der Waals surface area contributed by atoms with Crippen LogP contribution in [-0.4, -0.2) is 66.8 Å². The molecule has 1 aliphatic heterocycles. The van der Waals surface area contributed by atoms with Crippen molar-refractivity contribution in [3.63, 3.8) is 0 Å². The molecule has 1 aromatic carbocycles. The number of pyridine rings is 1. The summed E-state index contributed by atoms with van der Waals surface area (Å²) in [6.07, 6.45) is 2.71. The molecule has 0 aliphatic carbocycles. The van der Waals surface area contributed by atoms with E-state index in [0.29, 0.717) is 36.8 Å². The first-order chi connectivity index (χ1) is 18.2. The SMILES string of the molecule is CCN1CC[N+]([O-])(Cc2ccc(Nc3ncc(F)c(-c4cc(F)c5nc(C)n(C(C)C)c5c4)n3)nc2)CC1. The lowest BCUT2D eigenvalue weighted by molar-refractivity contribution is -0.898. The van der Waals surface area contributed by atoms with Crippen molar-refractivity contribution in [3.05, 3.63) is 64.9 Å². The van der Waals surface area contributed by atoms with Crippen molar-refractivity contribution in [1.82, 2.24) is 29.4 Å². The lowest BCUT2D eigenvalue weighted by atomic mass is 10.1. The molecule has 0 saturated carbocycles. The van der Waals surface area contributed by atoms with Gasteiger partial charge in [0.2, 0.25) is 5.95 Å². The zero-order valence-corrected chi connectivity index (χ0v) is 22.1. The zero-order chi connectivity index (χ0) is 27.0. The van der Waals surface area contributed by atoms with E-state index in [1.807, 2.05) is 31.4 Å². The van der Waals surface area contributed by atoms with Gasteiger partial charge in [-0.15, -0.1) is 0 Å². The Morgan fingerprint density at radius 3 is 2.47 bits per heavy atom. The van der Waals surface area contributed by atoms with E-state index in [0.717, 1.165) is 31.4 Å². The number of fused-ring (bicyclic) bond motifs is 1. The molecule has 11 heteroatoms. The van der Waals surface area contributed by atoms with E-state index >= 15 is 0 Å². The van der Waals surface area contributed by atoms with Crippen LogP contribution in [0.25, 0.3) is 22.3 Å². The minimum absolute atomic E-state index is 0.0295. The molecule has 200 valence electrons. The third kappa shape index (κ3) is 5.22. The summed E-state index contributed by atoms with van der Waals surface area (Å²) >= 11 is 0. The molecular formula is C27H32F2N8O. The molecule has 0 unspecified atom stereocenters. The Hall–Kier alpha value is -3.54. The van der Waals surface area contributed by atoms with Gasteiger partial charge < -0.3 is 19.7 Å². The first-order valence-electron chi connectivity index (χ1n) is 12.9. The Morgan fingerprint density at radius 1 is 1.05 bits per heavy atom. The number of quaternary nitrogens is 1. The van der Waals surface area contributed by atoms with E-state index in [2.05, 4.69) is 37.1 Å². The van der Waals surface area contributed by atoms with E-state index in [4.69, 9.17) is 0 Å². The minimum atomic E-state index is -0.669. The molecule has 9 nitrogen and oxygen atoms in total. The Kier molecular flexibility index (Phi) is 7.08. The Labute approximate surface area is 220 Å². The minimum Gasteiger partial charge on any atom is -0.632 e. The molecule has 1 saturated heterocycles. The second kappa shape index (κ2) is 10.3. The highest BCUT2D eigenvalue weighted by Crippen LogP contribution is 2.30. The van der Waals surface area contributed by atoms with E-state index in [1.165, 1.54) is 6.07 Å². The number of nitrogens with one attached hydrogen (secondary N) is 1. The summed E-state index contributed by atoms with van der Waals surface area (Å²) in [6, 6.07) is 6.58. The van der Waals surface area contributed by atoms with Crippen molar-refractivity contribution in [3.8, 4) is 11.3 Å². The number of anilines is 2. The van der Waals surface area contributed by atoms with Crippen LogP contribution >= 0.6 is 0 Å². The fourth-order valence-electron chi connectivity index (χ4n) is 5.07. The van der Waals surface area contributed by atoms with Crippen molar-refractivity contribution in [2.75, 3.05) is 38.0 Å². The summed E-state index contributed by atoms with van der Waals surface area (Å²) in [7, 11) is 0. The molecule has 0 amide bonds. The summed E-state index contributed by atoms with van der Waals surface area (Å²) in [6.45, 7) is 11.9. The maximum Gasteiger partial charge on any atom is 0.229 e. The number of benzene rings is 1. The van der Waals surface area contributed by atoms with Gasteiger partial charge in [-0.3, -0.25) is 4.90 Å². The maximum atomic E-state index is 14.9. The zero-order valence-electron chi connectivity index (χ0n) is 22.1. The van der Waals surface area contributed by atoms with Gasteiger partial charge >= 0.3 is 0 Å². The predicted octanol–water partition coefficient (Wildman–Crippen LogP) is 4.95. The Bertz CT molecular complexity index is 1450. The van der Waals surface area contributed by atoms with Gasteiger partial charge in [-0.2, -0.15) is 0 Å². The number of aryl methyl sites for hydroxylation is 1. The van der Waals surface area contributed by atoms with Crippen molar-refractivity contribution in [1.29, 1.82) is 0 Å². The average Bonchev–Trinajstić information content (AvgIpc) is 3.23. The van der Waals surface area contributed by atoms with Crippen molar-refractivity contribution in [2.24, 2.45) is 0 Å². The molecule has 5 rings (SSSR count). The van der Waals surface area contributed by atoms with Gasteiger partial charge in [0.15, 0.2) is 11.6 Å². The van der Waals surface area contributed by atoms with Gasteiger partial charge in [-0.05, 0) is 51.6 Å². The quantitative estimate of drug-likeness (QED) is 0.271. The normalized spacial score (nSPS) is 15.9. The molecule has 0 atom stereocenters. The maximum absolute atomic E-state index is 14.9. The van der Waals surface area contributed by atoms with Crippen molar-refractivity contribution >= 4 is 22.8 Å². The van der Waals surface area contributed by atoms with Gasteiger partial charge in [-0.1, -0.05) is 6.92 Å². The van der Waals surface area contributed by atoms with E-state index < -0.39 is 11.6 Å². The standard InChI is InChI=1S/C27H32F2N8O/c1-5-35-8-10-37(38,11-9-35)16-19-6-7-24(30-14-19)33-27-31-15-22(29)25(34-27)20-12-21(28)26-23(13-20)36(17(2)3)18(4)32-26/h6-7,12-15,17H,5,8-11,16H2,1-4H3,(H,30,31,33,34). The molecule has 4 aromatic rings. The number of nitrogens with zero attached hydrogens (tertiary/aromatic N) is 7. The molecule has 0 spiro atoms. The van der Waals surface area contributed by atoms with Crippen LogP contribution in [0.2, 0.25) is 0 Å². The second-order valence-electron chi connectivity index (χ2n) is 10.1. The summed E-state index contributed by atoms with van der Waals surface area (Å²) in [5, 5.41) is 16.1. The summed E-state index contributed by atoms with van der Waals surface area (Å²) in [5.41, 5.74) is 1.92. The van der Waals surface area contributed by atoms with Crippen molar-refractivity contribution < 1.29 is 13.4 Å². The largest absolute Gasteiger partial charge is 0.632 e. The molecule has 1 aliphatic rings. The number of hydrogen-bond acceptors (Lipinski definition) is 7. The number of aromatic nitrogens is 5. The third-order valence-electron chi connectivity index (χ3n) is 7.09. The highest BCUT2D eigenvalue weighted by atomic mass is 19.1. The molecule has 38 heavy (non-hydrogen) atoms. The molecule has 1 fully saturated rings. The molecule has 1 N–H and O–H groups in total. The number of piperazine rings is 1. The van der Waals surface area contributed by atoms with Crippen LogP contribution in [0, 0.1) is 23.8 Å². The van der Waals surface area contributed by atoms with Gasteiger partial charge in [0, 0.05) is 36.5 Å². The topological polar surface area (TPSA) is 94.8 Å². The Morgan fingerprint density at radius 2 is 1.82 bits per heavy atom. The number of hydroxylamine groups is 3. The number of hydrogen-bond donors (Lipinski definition) is 1. The molecule has 3 aromatic heterocycles. The molecule has 0 bridgehead atoms.